The minimum Gasteiger partial charge on any atom is -0.497 e. The highest BCUT2D eigenvalue weighted by molar-refractivity contribution is 5.96. The highest BCUT2D eigenvalue weighted by Crippen LogP contribution is 2.12. The van der Waals surface area contributed by atoms with Crippen molar-refractivity contribution in [2.75, 3.05) is 20.3 Å². The second kappa shape index (κ2) is 12.0. The summed E-state index contributed by atoms with van der Waals surface area (Å²) in [5, 5.41) is 2.49. The number of hydrogen-bond donors (Lipinski definition) is 1. The summed E-state index contributed by atoms with van der Waals surface area (Å²) >= 11 is 0. The van der Waals surface area contributed by atoms with Crippen LogP contribution < -0.4 is 10.1 Å². The van der Waals surface area contributed by atoms with E-state index in [0.717, 1.165) is 11.1 Å². The molecule has 2 amide bonds. The number of ether oxygens (including phenoxy) is 2. The summed E-state index contributed by atoms with van der Waals surface area (Å²) < 4.78 is 10.2. The van der Waals surface area contributed by atoms with E-state index in [1.807, 2.05) is 60.7 Å². The molecule has 3 rings (SSSR count). The Kier molecular flexibility index (Phi) is 8.59. The Hall–Kier alpha value is -4.13. The molecule has 0 spiro atoms. The third-order valence-electron chi connectivity index (χ3n) is 4.89. The first-order valence-electron chi connectivity index (χ1n) is 10.5. The molecule has 0 fully saturated rings. The van der Waals surface area contributed by atoms with E-state index in [9.17, 15) is 14.4 Å². The maximum atomic E-state index is 12.8. The van der Waals surface area contributed by atoms with E-state index in [1.165, 1.54) is 7.11 Å². The van der Waals surface area contributed by atoms with Crippen LogP contribution in [0.25, 0.3) is 0 Å². The van der Waals surface area contributed by atoms with Crippen molar-refractivity contribution in [2.24, 2.45) is 0 Å². The second-order valence-corrected chi connectivity index (χ2v) is 7.29. The van der Waals surface area contributed by atoms with Crippen LogP contribution >= 0.6 is 0 Å². The van der Waals surface area contributed by atoms with E-state index in [0.29, 0.717) is 24.4 Å². The van der Waals surface area contributed by atoms with Gasteiger partial charge >= 0.3 is 5.97 Å². The normalized spacial score (nSPS) is 10.2. The van der Waals surface area contributed by atoms with Crippen molar-refractivity contribution in [1.29, 1.82) is 0 Å². The average Bonchev–Trinajstić information content (AvgIpc) is 2.86. The van der Waals surface area contributed by atoms with E-state index >= 15 is 0 Å². The highest BCUT2D eigenvalue weighted by Gasteiger charge is 2.17. The van der Waals surface area contributed by atoms with Gasteiger partial charge in [-0.05, 0) is 35.4 Å². The van der Waals surface area contributed by atoms with Gasteiger partial charge in [0.25, 0.3) is 11.8 Å². The number of nitrogens with zero attached hydrogens (tertiary/aromatic N) is 1. The SMILES string of the molecule is COc1ccc(C(=O)NCC(=O)OCC(=O)N(Cc2ccccc2)Cc2ccccc2)cc1. The molecular weight excluding hydrogens is 420 g/mol. The first-order valence-corrected chi connectivity index (χ1v) is 10.5. The van der Waals surface area contributed by atoms with Crippen LogP contribution in [0, 0.1) is 0 Å². The zero-order valence-corrected chi connectivity index (χ0v) is 18.4. The van der Waals surface area contributed by atoms with Gasteiger partial charge in [0.1, 0.15) is 12.3 Å². The Morgan fingerprint density at radius 2 is 1.33 bits per heavy atom. The molecular formula is C26H26N2O5. The number of carbonyl (C=O) groups excluding carboxylic acids is 3. The van der Waals surface area contributed by atoms with Gasteiger partial charge in [0.15, 0.2) is 6.61 Å². The van der Waals surface area contributed by atoms with Gasteiger partial charge in [0.2, 0.25) is 0 Å². The Labute approximate surface area is 192 Å². The number of rotatable bonds is 10. The number of esters is 1. The molecule has 0 atom stereocenters. The lowest BCUT2D eigenvalue weighted by Gasteiger charge is -2.23. The number of benzene rings is 3. The quantitative estimate of drug-likeness (QED) is 0.484. The van der Waals surface area contributed by atoms with Crippen LogP contribution in [0.15, 0.2) is 84.9 Å². The molecule has 0 radical (unpaired) electrons. The van der Waals surface area contributed by atoms with Crippen molar-refractivity contribution in [3.63, 3.8) is 0 Å². The van der Waals surface area contributed by atoms with Gasteiger partial charge in [-0.25, -0.2) is 0 Å². The minimum atomic E-state index is -0.690. The van der Waals surface area contributed by atoms with E-state index in [1.54, 1.807) is 29.2 Å². The zero-order valence-electron chi connectivity index (χ0n) is 18.4. The predicted octanol–water partition coefficient (Wildman–Crippen LogP) is 3.20. The molecule has 0 heterocycles. The van der Waals surface area contributed by atoms with E-state index in [-0.39, 0.29) is 12.5 Å². The van der Waals surface area contributed by atoms with Crippen LogP contribution in [0.4, 0.5) is 0 Å². The smallest absolute Gasteiger partial charge is 0.325 e. The third-order valence-corrected chi connectivity index (χ3v) is 4.89. The van der Waals surface area contributed by atoms with Crippen LogP contribution in [-0.2, 0) is 27.4 Å². The van der Waals surface area contributed by atoms with Gasteiger partial charge in [-0.1, -0.05) is 60.7 Å². The van der Waals surface area contributed by atoms with Crippen LogP contribution in [0.1, 0.15) is 21.5 Å². The highest BCUT2D eigenvalue weighted by atomic mass is 16.5. The summed E-state index contributed by atoms with van der Waals surface area (Å²) in [7, 11) is 1.53. The summed E-state index contributed by atoms with van der Waals surface area (Å²) in [5.74, 6) is -0.808. The molecule has 0 unspecified atom stereocenters. The number of carbonyl (C=O) groups is 3. The number of amides is 2. The van der Waals surface area contributed by atoms with Gasteiger partial charge in [-0.2, -0.15) is 0 Å². The molecule has 0 aromatic heterocycles. The van der Waals surface area contributed by atoms with Crippen molar-refractivity contribution in [3.8, 4) is 5.75 Å². The molecule has 7 heteroatoms. The minimum absolute atomic E-state index is 0.322. The molecule has 0 saturated heterocycles. The number of methoxy groups -OCH3 is 1. The zero-order chi connectivity index (χ0) is 23.5. The first kappa shape index (κ1) is 23.5. The second-order valence-electron chi connectivity index (χ2n) is 7.29. The standard InChI is InChI=1S/C26H26N2O5/c1-32-23-14-12-22(13-15-23)26(31)27-16-25(30)33-19-24(29)28(17-20-8-4-2-5-9-20)18-21-10-6-3-7-11-21/h2-15H,16-19H2,1H3,(H,27,31). The van der Waals surface area contributed by atoms with E-state index in [2.05, 4.69) is 5.32 Å². The van der Waals surface area contributed by atoms with Crippen molar-refractivity contribution < 1.29 is 23.9 Å². The van der Waals surface area contributed by atoms with Crippen molar-refractivity contribution in [2.45, 2.75) is 13.1 Å². The average molecular weight is 447 g/mol. The maximum absolute atomic E-state index is 12.8. The summed E-state index contributed by atoms with van der Waals surface area (Å²) in [6.07, 6.45) is 0. The molecule has 0 bridgehead atoms. The van der Waals surface area contributed by atoms with Crippen LogP contribution in [0.2, 0.25) is 0 Å². The van der Waals surface area contributed by atoms with Crippen LogP contribution in [0.3, 0.4) is 0 Å². The molecule has 0 aliphatic rings. The summed E-state index contributed by atoms with van der Waals surface area (Å²) in [6.45, 7) is 0.0348. The molecule has 33 heavy (non-hydrogen) atoms. The lowest BCUT2D eigenvalue weighted by molar-refractivity contribution is -0.151. The predicted molar refractivity (Wildman–Crippen MR) is 123 cm³/mol. The fourth-order valence-electron chi connectivity index (χ4n) is 3.12. The summed E-state index contributed by atoms with van der Waals surface area (Å²) in [4.78, 5) is 38.7. The van der Waals surface area contributed by atoms with Gasteiger partial charge in [0.05, 0.1) is 7.11 Å². The Bertz CT molecular complexity index is 1010. The molecule has 1 N–H and O–H groups in total. The van der Waals surface area contributed by atoms with Gasteiger partial charge in [-0.15, -0.1) is 0 Å². The molecule has 7 nitrogen and oxygen atoms in total. The van der Waals surface area contributed by atoms with Crippen molar-refractivity contribution >= 4 is 17.8 Å². The number of nitrogens with one attached hydrogen (secondary N) is 1. The molecule has 0 saturated carbocycles. The third kappa shape index (κ3) is 7.50. The Morgan fingerprint density at radius 3 is 1.85 bits per heavy atom. The fraction of sp³-hybridized carbons (Fsp3) is 0.192. The molecule has 170 valence electrons. The molecule has 3 aromatic rings. The lowest BCUT2D eigenvalue weighted by Crippen LogP contribution is -2.36. The first-order chi connectivity index (χ1) is 16.0. The molecule has 3 aromatic carbocycles. The molecule has 0 aliphatic heterocycles. The monoisotopic (exact) mass is 446 g/mol. The molecule has 0 aliphatic carbocycles. The van der Waals surface area contributed by atoms with Gasteiger partial charge in [0, 0.05) is 18.7 Å². The lowest BCUT2D eigenvalue weighted by atomic mass is 10.1. The van der Waals surface area contributed by atoms with Crippen molar-refractivity contribution in [3.05, 3.63) is 102 Å². The van der Waals surface area contributed by atoms with Crippen LogP contribution in [-0.4, -0.2) is 42.9 Å². The van der Waals surface area contributed by atoms with Crippen LogP contribution in [0.5, 0.6) is 5.75 Å². The summed E-state index contributed by atoms with van der Waals surface area (Å²) in [5.41, 5.74) is 2.33. The summed E-state index contributed by atoms with van der Waals surface area (Å²) in [6, 6.07) is 25.7. The largest absolute Gasteiger partial charge is 0.497 e. The van der Waals surface area contributed by atoms with E-state index < -0.39 is 18.5 Å². The van der Waals surface area contributed by atoms with Crippen molar-refractivity contribution in [1.82, 2.24) is 10.2 Å². The van der Waals surface area contributed by atoms with Gasteiger partial charge < -0.3 is 19.7 Å². The Balaban J connectivity index is 1.52. The van der Waals surface area contributed by atoms with E-state index in [4.69, 9.17) is 9.47 Å². The Morgan fingerprint density at radius 1 is 0.788 bits per heavy atom. The maximum Gasteiger partial charge on any atom is 0.325 e. The number of hydrogen-bond acceptors (Lipinski definition) is 5. The fourth-order valence-corrected chi connectivity index (χ4v) is 3.12. The van der Waals surface area contributed by atoms with Gasteiger partial charge in [-0.3, -0.25) is 14.4 Å². The topological polar surface area (TPSA) is 84.9 Å².